The summed E-state index contributed by atoms with van der Waals surface area (Å²) in [6.45, 7) is 0. The number of hydrogen-bond acceptors (Lipinski definition) is 6. The van der Waals surface area contributed by atoms with Crippen LogP contribution < -0.4 is 4.74 Å². The fourth-order valence-corrected chi connectivity index (χ4v) is 2.30. The average molecular weight is 358 g/mol. The lowest BCUT2D eigenvalue weighted by molar-refractivity contribution is -0.384. The number of rotatable bonds is 5. The van der Waals surface area contributed by atoms with Crippen molar-refractivity contribution in [3.63, 3.8) is 0 Å². The highest BCUT2D eigenvalue weighted by Crippen LogP contribution is 2.27. The Bertz CT molecular complexity index is 935. The minimum absolute atomic E-state index is 0.0582. The normalized spacial score (nSPS) is 11.4. The zero-order valence-corrected chi connectivity index (χ0v) is 13.8. The fraction of sp³-hybridized carbons (Fsp3) is 0.0588. The van der Waals surface area contributed by atoms with Crippen molar-refractivity contribution >= 4 is 28.4 Å². The molecule has 0 N–H and O–H groups in total. The summed E-state index contributed by atoms with van der Waals surface area (Å²) in [5.41, 5.74) is 1.22. The topological polar surface area (TPSA) is 91.3 Å². The molecule has 0 atom stereocenters. The Morgan fingerprint density at radius 2 is 2.00 bits per heavy atom. The summed E-state index contributed by atoms with van der Waals surface area (Å²) in [4.78, 5) is 10.4. The number of nitro benzene ring substituents is 1. The Morgan fingerprint density at radius 1 is 1.24 bits per heavy atom. The first-order valence-corrected chi connectivity index (χ1v) is 7.54. The summed E-state index contributed by atoms with van der Waals surface area (Å²) in [7, 11) is 1.59. The zero-order valence-electron chi connectivity index (χ0n) is 13.0. The lowest BCUT2D eigenvalue weighted by atomic mass is 10.2. The van der Waals surface area contributed by atoms with E-state index in [0.717, 1.165) is 11.3 Å². The van der Waals surface area contributed by atoms with Crippen LogP contribution in [0.25, 0.3) is 22.6 Å². The molecule has 0 aliphatic rings. The molecule has 0 saturated heterocycles. The average Bonchev–Trinajstić information content (AvgIpc) is 3.13. The van der Waals surface area contributed by atoms with E-state index in [-0.39, 0.29) is 22.5 Å². The molecule has 25 heavy (non-hydrogen) atoms. The largest absolute Gasteiger partial charge is 0.497 e. The lowest BCUT2D eigenvalue weighted by Crippen LogP contribution is -1.88. The monoisotopic (exact) mass is 357 g/mol. The van der Waals surface area contributed by atoms with Crippen LogP contribution in [0, 0.1) is 10.1 Å². The second-order valence-electron chi connectivity index (χ2n) is 4.99. The van der Waals surface area contributed by atoms with Crippen molar-refractivity contribution in [2.75, 3.05) is 7.11 Å². The molecule has 0 saturated carbocycles. The van der Waals surface area contributed by atoms with Crippen molar-refractivity contribution in [2.45, 2.75) is 0 Å². The molecular weight excluding hydrogens is 346 g/mol. The molecule has 0 amide bonds. The number of nitro groups is 1. The summed E-state index contributed by atoms with van der Waals surface area (Å²) in [6.07, 6.45) is 1.67. The smallest absolute Gasteiger partial charge is 0.270 e. The van der Waals surface area contributed by atoms with Gasteiger partial charge in [-0.3, -0.25) is 10.1 Å². The van der Waals surface area contributed by atoms with Gasteiger partial charge in [-0.1, -0.05) is 29.8 Å². The number of hydrogen-bond donors (Lipinski definition) is 0. The van der Waals surface area contributed by atoms with E-state index >= 15 is 0 Å². The van der Waals surface area contributed by atoms with Crippen LogP contribution in [0.1, 0.15) is 11.5 Å². The van der Waals surface area contributed by atoms with E-state index in [9.17, 15) is 10.1 Å². The van der Waals surface area contributed by atoms with Gasteiger partial charge in [-0.15, -0.1) is 10.2 Å². The summed E-state index contributed by atoms with van der Waals surface area (Å²) in [6, 6.07) is 13.2. The van der Waals surface area contributed by atoms with Gasteiger partial charge in [-0.25, -0.2) is 0 Å². The zero-order chi connectivity index (χ0) is 17.8. The van der Waals surface area contributed by atoms with Crippen LogP contribution in [0.2, 0.25) is 0 Å². The van der Waals surface area contributed by atoms with Crippen LogP contribution in [-0.4, -0.2) is 22.2 Å². The molecule has 0 spiro atoms. The Labute approximate surface area is 147 Å². The van der Waals surface area contributed by atoms with Gasteiger partial charge in [-0.05, 0) is 29.8 Å². The second kappa shape index (κ2) is 7.14. The van der Waals surface area contributed by atoms with Gasteiger partial charge in [0.05, 0.1) is 12.0 Å². The van der Waals surface area contributed by atoms with Gasteiger partial charge < -0.3 is 9.15 Å². The van der Waals surface area contributed by atoms with Gasteiger partial charge >= 0.3 is 0 Å². The number of benzene rings is 2. The summed E-state index contributed by atoms with van der Waals surface area (Å²) in [5, 5.41) is 18.9. The van der Waals surface area contributed by atoms with Gasteiger partial charge in [0, 0.05) is 17.7 Å². The van der Waals surface area contributed by atoms with Crippen molar-refractivity contribution < 1.29 is 14.1 Å². The maximum Gasteiger partial charge on any atom is 0.270 e. The van der Waals surface area contributed by atoms with Gasteiger partial charge in [-0.2, -0.15) is 0 Å². The first-order valence-electron chi connectivity index (χ1n) is 7.17. The van der Waals surface area contributed by atoms with E-state index in [2.05, 4.69) is 10.2 Å². The minimum atomic E-state index is -0.489. The number of nitrogens with zero attached hydrogens (tertiary/aromatic N) is 3. The van der Waals surface area contributed by atoms with Gasteiger partial charge in [0.15, 0.2) is 0 Å². The highest BCUT2D eigenvalue weighted by atomic mass is 35.5. The maximum absolute atomic E-state index is 10.8. The molecule has 126 valence electrons. The molecular formula is C17H12ClN3O4. The molecule has 7 nitrogen and oxygen atoms in total. The van der Waals surface area contributed by atoms with E-state index in [1.807, 2.05) is 12.1 Å². The van der Waals surface area contributed by atoms with Crippen molar-refractivity contribution in [1.29, 1.82) is 0 Å². The Hall–Kier alpha value is -3.19. The summed E-state index contributed by atoms with van der Waals surface area (Å²) < 4.78 is 10.6. The van der Waals surface area contributed by atoms with Crippen molar-refractivity contribution in [3.05, 3.63) is 70.1 Å². The summed E-state index contributed by atoms with van der Waals surface area (Å²) in [5.74, 6) is 1.01. The van der Waals surface area contributed by atoms with E-state index in [0.29, 0.717) is 5.56 Å². The molecule has 3 rings (SSSR count). The van der Waals surface area contributed by atoms with Crippen molar-refractivity contribution in [2.24, 2.45) is 0 Å². The lowest BCUT2D eigenvalue weighted by Gasteiger charge is -1.99. The van der Waals surface area contributed by atoms with Crippen LogP contribution >= 0.6 is 11.6 Å². The van der Waals surface area contributed by atoms with E-state index in [1.165, 1.54) is 12.1 Å². The predicted octanol–water partition coefficient (Wildman–Crippen LogP) is 4.39. The molecule has 1 aromatic heterocycles. The third-order valence-corrected chi connectivity index (χ3v) is 3.61. The van der Waals surface area contributed by atoms with Crippen LogP contribution in [-0.2, 0) is 0 Å². The SMILES string of the molecule is COc1ccc(/C=C(\Cl)c2nnc(-c3cccc([N+](=O)[O-])c3)o2)cc1. The highest BCUT2D eigenvalue weighted by Gasteiger charge is 2.14. The molecule has 0 unspecified atom stereocenters. The van der Waals surface area contributed by atoms with Gasteiger partial charge in [0.2, 0.25) is 5.89 Å². The molecule has 0 fully saturated rings. The number of methoxy groups -OCH3 is 1. The first-order chi connectivity index (χ1) is 12.1. The standard InChI is InChI=1S/C17H12ClN3O4/c1-24-14-7-5-11(6-8-14)9-15(18)17-20-19-16(25-17)12-3-2-4-13(10-12)21(22)23/h2-10H,1H3/b15-9-. The molecule has 0 aliphatic heterocycles. The minimum Gasteiger partial charge on any atom is -0.497 e. The van der Waals surface area contributed by atoms with E-state index in [4.69, 9.17) is 20.8 Å². The van der Waals surface area contributed by atoms with Gasteiger partial charge in [0.25, 0.3) is 11.6 Å². The van der Waals surface area contributed by atoms with Crippen LogP contribution in [0.4, 0.5) is 5.69 Å². The third kappa shape index (κ3) is 3.84. The molecule has 3 aromatic rings. The number of aromatic nitrogens is 2. The Kier molecular flexibility index (Phi) is 4.76. The third-order valence-electron chi connectivity index (χ3n) is 3.34. The molecule has 0 bridgehead atoms. The Morgan fingerprint density at radius 3 is 2.68 bits per heavy atom. The quantitative estimate of drug-likeness (QED) is 0.496. The molecule has 0 radical (unpaired) electrons. The Balaban J connectivity index is 1.86. The highest BCUT2D eigenvalue weighted by molar-refractivity contribution is 6.50. The van der Waals surface area contributed by atoms with Crippen molar-refractivity contribution in [3.8, 4) is 17.2 Å². The van der Waals surface area contributed by atoms with Crippen LogP contribution in [0.5, 0.6) is 5.75 Å². The van der Waals surface area contributed by atoms with Gasteiger partial charge in [0.1, 0.15) is 10.8 Å². The molecule has 0 aliphatic carbocycles. The molecule has 8 heteroatoms. The fourth-order valence-electron chi connectivity index (χ4n) is 2.10. The second-order valence-corrected chi connectivity index (χ2v) is 5.39. The van der Waals surface area contributed by atoms with E-state index < -0.39 is 4.92 Å². The number of non-ortho nitro benzene ring substituents is 1. The number of halogens is 1. The molecule has 2 aromatic carbocycles. The van der Waals surface area contributed by atoms with Crippen molar-refractivity contribution in [1.82, 2.24) is 10.2 Å². The maximum atomic E-state index is 10.8. The van der Waals surface area contributed by atoms with Crippen LogP contribution in [0.15, 0.2) is 52.9 Å². The number of ether oxygens (including phenoxy) is 1. The first kappa shape index (κ1) is 16.7. The summed E-state index contributed by atoms with van der Waals surface area (Å²) >= 11 is 6.22. The predicted molar refractivity (Wildman–Crippen MR) is 93.1 cm³/mol. The van der Waals surface area contributed by atoms with Crippen LogP contribution in [0.3, 0.4) is 0 Å². The molecule has 1 heterocycles. The van der Waals surface area contributed by atoms with E-state index in [1.54, 1.807) is 37.5 Å².